The van der Waals surface area contributed by atoms with Crippen LogP contribution >= 0.6 is 0 Å². The smallest absolute Gasteiger partial charge is 0.433 e. The van der Waals surface area contributed by atoms with Crippen molar-refractivity contribution in [3.05, 3.63) is 58.4 Å². The summed E-state index contributed by atoms with van der Waals surface area (Å²) >= 11 is 0. The first-order valence-electron chi connectivity index (χ1n) is 14.3. The second-order valence-corrected chi connectivity index (χ2v) is 11.5. The summed E-state index contributed by atoms with van der Waals surface area (Å²) in [6, 6.07) is 6.69. The number of carbonyl (C=O) groups is 1. The summed E-state index contributed by atoms with van der Waals surface area (Å²) in [6.45, 7) is 11.1. The fourth-order valence-electron chi connectivity index (χ4n) is 6.58. The Morgan fingerprint density at radius 2 is 1.93 bits per heavy atom. The number of likely N-dealkylation sites (tertiary alicyclic amines) is 3. The lowest BCUT2D eigenvalue weighted by Crippen LogP contribution is -2.49. The monoisotopic (exact) mass is 560 g/mol. The highest BCUT2D eigenvalue weighted by Gasteiger charge is 2.47. The van der Waals surface area contributed by atoms with Crippen LogP contribution in [0.1, 0.15) is 71.4 Å². The Bertz CT molecular complexity index is 1210. The summed E-state index contributed by atoms with van der Waals surface area (Å²) in [5.41, 5.74) is 2.77. The molecular formula is C30H39F3N4O3. The maximum atomic E-state index is 13.1. The Kier molecular flexibility index (Phi) is 8.40. The van der Waals surface area contributed by atoms with E-state index in [1.165, 1.54) is 17.2 Å². The maximum Gasteiger partial charge on any atom is 0.433 e. The largest absolute Gasteiger partial charge is 0.493 e. The molecule has 3 fully saturated rings. The standard InChI is InChI=1S/C30H39F3N4O3/c1-19-20(2)27(40-13-5-12-35-11-4-6-25(38)18-35)9-8-26(19)21(3)36-16-24-14-23(36)17-37(24)29(39)22-7-10-28(34-15-22)30(31,32)33/h7-10,15,21,23-25,38H,4-6,11-14,16-18H2,1-3H3/t21-,23+,24+,25?/m0/s1. The fourth-order valence-corrected chi connectivity index (χ4v) is 6.58. The minimum absolute atomic E-state index is 0.0345. The number of ether oxygens (including phenoxy) is 1. The van der Waals surface area contributed by atoms with Crippen molar-refractivity contribution in [1.29, 1.82) is 0 Å². The molecular weight excluding hydrogens is 521 g/mol. The third kappa shape index (κ3) is 5.99. The van der Waals surface area contributed by atoms with Crippen molar-refractivity contribution in [3.63, 3.8) is 0 Å². The lowest BCUT2D eigenvalue weighted by atomic mass is 9.96. The minimum Gasteiger partial charge on any atom is -0.493 e. The van der Waals surface area contributed by atoms with E-state index in [4.69, 9.17) is 4.74 Å². The van der Waals surface area contributed by atoms with Crippen LogP contribution in [0.25, 0.3) is 0 Å². The number of hydrogen-bond acceptors (Lipinski definition) is 6. The van der Waals surface area contributed by atoms with Crippen molar-refractivity contribution in [2.45, 2.75) is 76.9 Å². The number of benzene rings is 1. The van der Waals surface area contributed by atoms with Crippen molar-refractivity contribution in [1.82, 2.24) is 19.7 Å². The van der Waals surface area contributed by atoms with Crippen LogP contribution in [-0.4, -0.2) is 88.2 Å². The molecule has 4 atom stereocenters. The average Bonchev–Trinajstić information content (AvgIpc) is 3.54. The van der Waals surface area contributed by atoms with Crippen LogP contribution in [-0.2, 0) is 6.18 Å². The molecule has 3 aliphatic heterocycles. The van der Waals surface area contributed by atoms with E-state index in [9.17, 15) is 23.1 Å². The van der Waals surface area contributed by atoms with Gasteiger partial charge in [0.1, 0.15) is 11.4 Å². The Morgan fingerprint density at radius 3 is 2.58 bits per heavy atom. The first-order valence-corrected chi connectivity index (χ1v) is 14.3. The summed E-state index contributed by atoms with van der Waals surface area (Å²) in [5.74, 6) is 0.642. The highest BCUT2D eigenvalue weighted by atomic mass is 19.4. The number of fused-ring (bicyclic) bond motifs is 2. The summed E-state index contributed by atoms with van der Waals surface area (Å²) in [4.78, 5) is 23.0. The van der Waals surface area contributed by atoms with Gasteiger partial charge < -0.3 is 19.6 Å². The van der Waals surface area contributed by atoms with Crippen LogP contribution in [0.15, 0.2) is 30.5 Å². The van der Waals surface area contributed by atoms with E-state index < -0.39 is 11.9 Å². The number of aromatic nitrogens is 1. The van der Waals surface area contributed by atoms with Crippen molar-refractivity contribution < 1.29 is 27.8 Å². The Morgan fingerprint density at radius 1 is 1.12 bits per heavy atom. The van der Waals surface area contributed by atoms with Gasteiger partial charge in [-0.2, -0.15) is 13.2 Å². The van der Waals surface area contributed by atoms with Gasteiger partial charge in [0.2, 0.25) is 0 Å². The molecule has 3 aliphatic rings. The number of pyridine rings is 1. The molecule has 218 valence electrons. The number of rotatable bonds is 8. The number of piperazine rings is 1. The Labute approximate surface area is 233 Å². The quantitative estimate of drug-likeness (QED) is 0.476. The van der Waals surface area contributed by atoms with Gasteiger partial charge in [0.05, 0.1) is 18.3 Å². The number of nitrogens with zero attached hydrogens (tertiary/aromatic N) is 4. The van der Waals surface area contributed by atoms with Crippen LogP contribution in [0.4, 0.5) is 13.2 Å². The predicted molar refractivity (Wildman–Crippen MR) is 145 cm³/mol. The summed E-state index contributed by atoms with van der Waals surface area (Å²) < 4.78 is 44.7. The van der Waals surface area contributed by atoms with E-state index in [-0.39, 0.29) is 35.7 Å². The molecule has 0 aliphatic carbocycles. The normalized spacial score (nSPS) is 24.5. The molecule has 0 saturated carbocycles. The number of piperidine rings is 1. The van der Waals surface area contributed by atoms with E-state index in [0.717, 1.165) is 75.4 Å². The molecule has 1 amide bonds. The first kappa shape index (κ1) is 28.8. The molecule has 0 spiro atoms. The number of hydrogen-bond donors (Lipinski definition) is 1. The Hall–Kier alpha value is -2.69. The van der Waals surface area contributed by atoms with E-state index in [2.05, 4.69) is 47.7 Å². The zero-order valence-corrected chi connectivity index (χ0v) is 23.5. The predicted octanol–water partition coefficient (Wildman–Crippen LogP) is 4.60. The van der Waals surface area contributed by atoms with Crippen molar-refractivity contribution >= 4 is 5.91 Å². The van der Waals surface area contributed by atoms with Crippen LogP contribution in [0, 0.1) is 13.8 Å². The highest BCUT2D eigenvalue weighted by Crippen LogP contribution is 2.39. The number of aliphatic hydroxyl groups is 1. The minimum atomic E-state index is -4.52. The molecule has 40 heavy (non-hydrogen) atoms. The summed E-state index contributed by atoms with van der Waals surface area (Å²) in [6.07, 6.45) is 0.0138. The highest BCUT2D eigenvalue weighted by molar-refractivity contribution is 5.94. The third-order valence-corrected chi connectivity index (χ3v) is 8.93. The molecule has 0 radical (unpaired) electrons. The van der Waals surface area contributed by atoms with Crippen molar-refractivity contribution in [2.75, 3.05) is 39.3 Å². The number of amides is 1. The van der Waals surface area contributed by atoms with Crippen molar-refractivity contribution in [3.8, 4) is 5.75 Å². The van der Waals surface area contributed by atoms with Gasteiger partial charge >= 0.3 is 6.18 Å². The lowest BCUT2D eigenvalue weighted by molar-refractivity contribution is -0.141. The molecule has 7 nitrogen and oxygen atoms in total. The second kappa shape index (κ2) is 11.7. The van der Waals surface area contributed by atoms with E-state index in [0.29, 0.717) is 13.2 Å². The number of carbonyl (C=O) groups excluding carboxylic acids is 1. The SMILES string of the molecule is Cc1c(OCCCN2CCCC(O)C2)ccc([C@H](C)N2C[C@H]3C[C@@H]2CN3C(=O)c2ccc(C(F)(F)F)nc2)c1C. The van der Waals surface area contributed by atoms with Crippen LogP contribution in [0.2, 0.25) is 0 Å². The first-order chi connectivity index (χ1) is 19.0. The van der Waals surface area contributed by atoms with Crippen LogP contribution in [0.5, 0.6) is 5.75 Å². The zero-order valence-electron chi connectivity index (χ0n) is 23.5. The van der Waals surface area contributed by atoms with Crippen molar-refractivity contribution in [2.24, 2.45) is 0 Å². The molecule has 1 unspecified atom stereocenters. The number of alkyl halides is 3. The number of halogens is 3. The number of β-amino-alcohol motifs (C(OH)–C–C–N with tert-alkyl or cyclic N) is 1. The van der Waals surface area contributed by atoms with Gasteiger partial charge in [-0.3, -0.25) is 14.7 Å². The molecule has 10 heteroatoms. The van der Waals surface area contributed by atoms with Crippen LogP contribution in [0.3, 0.4) is 0 Å². The fraction of sp³-hybridized carbons (Fsp3) is 0.600. The molecule has 3 saturated heterocycles. The van der Waals surface area contributed by atoms with Gasteiger partial charge in [-0.15, -0.1) is 0 Å². The molecule has 2 bridgehead atoms. The molecule has 4 heterocycles. The van der Waals surface area contributed by atoms with E-state index in [1.807, 2.05) is 0 Å². The molecule has 5 rings (SSSR count). The average molecular weight is 561 g/mol. The van der Waals surface area contributed by atoms with E-state index >= 15 is 0 Å². The van der Waals surface area contributed by atoms with Gasteiger partial charge in [0.25, 0.3) is 5.91 Å². The lowest BCUT2D eigenvalue weighted by Gasteiger charge is -2.38. The topological polar surface area (TPSA) is 69.1 Å². The van der Waals surface area contributed by atoms with Crippen LogP contribution < -0.4 is 4.74 Å². The summed E-state index contributed by atoms with van der Waals surface area (Å²) in [7, 11) is 0. The van der Waals surface area contributed by atoms with Gasteiger partial charge in [-0.1, -0.05) is 6.07 Å². The van der Waals surface area contributed by atoms with Gasteiger partial charge in [-0.25, -0.2) is 0 Å². The van der Waals surface area contributed by atoms with Gasteiger partial charge in [0, 0.05) is 50.5 Å². The van der Waals surface area contributed by atoms with Gasteiger partial charge in [-0.05, 0) is 87.9 Å². The molecule has 1 aromatic heterocycles. The Balaban J connectivity index is 1.16. The van der Waals surface area contributed by atoms with E-state index in [1.54, 1.807) is 4.90 Å². The van der Waals surface area contributed by atoms with Gasteiger partial charge in [0.15, 0.2) is 0 Å². The third-order valence-electron chi connectivity index (χ3n) is 8.93. The molecule has 1 N–H and O–H groups in total. The summed E-state index contributed by atoms with van der Waals surface area (Å²) in [5, 5.41) is 9.85. The zero-order chi connectivity index (χ0) is 28.6. The maximum absolute atomic E-state index is 13.1. The molecule has 1 aromatic carbocycles. The molecule has 2 aromatic rings. The number of aliphatic hydroxyl groups excluding tert-OH is 1. The second-order valence-electron chi connectivity index (χ2n) is 11.5.